The molecule has 0 saturated heterocycles. The van der Waals surface area contributed by atoms with Crippen molar-refractivity contribution >= 4 is 11.9 Å². The Balaban J connectivity index is 5.16. The second kappa shape index (κ2) is 6.06. The highest BCUT2D eigenvalue weighted by atomic mass is 16.5. The molecule has 0 aromatic carbocycles. The topological polar surface area (TPSA) is 83.8 Å². The molecule has 0 saturated carbocycles. The first kappa shape index (κ1) is 13.5. The lowest BCUT2D eigenvalue weighted by Gasteiger charge is -2.12. The first-order valence-corrected chi connectivity index (χ1v) is 4.75. The Bertz CT molecular complexity index is 278. The van der Waals surface area contributed by atoms with E-state index in [2.05, 4.69) is 0 Å². The van der Waals surface area contributed by atoms with Gasteiger partial charge in [-0.1, -0.05) is 20.8 Å². The molecule has 0 aliphatic carbocycles. The molecule has 0 fully saturated rings. The van der Waals surface area contributed by atoms with Gasteiger partial charge in [0.15, 0.2) is 0 Å². The number of rotatable bonds is 6. The van der Waals surface area contributed by atoms with Crippen molar-refractivity contribution in [2.24, 2.45) is 5.92 Å². The van der Waals surface area contributed by atoms with Crippen molar-refractivity contribution in [3.63, 3.8) is 0 Å². The van der Waals surface area contributed by atoms with Gasteiger partial charge in [0.1, 0.15) is 0 Å². The Morgan fingerprint density at radius 1 is 1.20 bits per heavy atom. The minimum absolute atomic E-state index is 0.198. The number of carboxylic acid groups (broad SMARTS) is 2. The maximum absolute atomic E-state index is 10.8. The predicted molar refractivity (Wildman–Crippen MR) is 53.4 cm³/mol. The summed E-state index contributed by atoms with van der Waals surface area (Å²) in [5.74, 6) is -3.45. The van der Waals surface area contributed by atoms with E-state index in [0.29, 0.717) is 6.42 Å². The lowest BCUT2D eigenvalue weighted by molar-refractivity contribution is -0.139. The Labute approximate surface area is 88.4 Å². The number of hydrogen-bond donors (Lipinski definition) is 2. The van der Waals surface area contributed by atoms with E-state index < -0.39 is 23.6 Å². The van der Waals surface area contributed by atoms with Gasteiger partial charge in [-0.05, 0) is 12.3 Å². The van der Waals surface area contributed by atoms with Gasteiger partial charge in [0.05, 0.1) is 12.2 Å². The minimum Gasteiger partial charge on any atom is -0.486 e. The molecule has 0 spiro atoms. The molecular weight excluding hydrogens is 200 g/mol. The van der Waals surface area contributed by atoms with E-state index in [9.17, 15) is 9.59 Å². The fourth-order valence-corrected chi connectivity index (χ4v) is 1.07. The standard InChI is InChI=1S/C10H16O5/c1-4-5-15-8(10(13)14)7(6(2)3)9(11)12/h6H,4-5H2,1-3H3,(H,11,12)(H,13,14)/b8-7+. The Hall–Kier alpha value is -1.52. The molecule has 15 heavy (non-hydrogen) atoms. The zero-order chi connectivity index (χ0) is 12.0. The molecule has 86 valence electrons. The SMILES string of the molecule is CCCO/C(C(=O)O)=C(/C(=O)O)C(C)C. The summed E-state index contributed by atoms with van der Waals surface area (Å²) in [5, 5.41) is 17.7. The third-order valence-electron chi connectivity index (χ3n) is 1.70. The lowest BCUT2D eigenvalue weighted by atomic mass is 10.0. The summed E-state index contributed by atoms with van der Waals surface area (Å²) < 4.78 is 4.94. The van der Waals surface area contributed by atoms with E-state index in [1.54, 1.807) is 13.8 Å². The van der Waals surface area contributed by atoms with Crippen LogP contribution in [0.4, 0.5) is 0 Å². The molecule has 0 rings (SSSR count). The summed E-state index contributed by atoms with van der Waals surface area (Å²) in [4.78, 5) is 21.7. The Morgan fingerprint density at radius 2 is 1.73 bits per heavy atom. The zero-order valence-electron chi connectivity index (χ0n) is 9.11. The minimum atomic E-state index is -1.34. The fraction of sp³-hybridized carbons (Fsp3) is 0.600. The molecule has 0 heterocycles. The van der Waals surface area contributed by atoms with Crippen LogP contribution in [0.5, 0.6) is 0 Å². The summed E-state index contributed by atoms with van der Waals surface area (Å²) >= 11 is 0. The molecule has 0 amide bonds. The predicted octanol–water partition coefficient (Wildman–Crippen LogP) is 1.49. The lowest BCUT2D eigenvalue weighted by Crippen LogP contribution is -2.18. The number of hydrogen-bond acceptors (Lipinski definition) is 3. The molecule has 5 nitrogen and oxygen atoms in total. The fourth-order valence-electron chi connectivity index (χ4n) is 1.07. The van der Waals surface area contributed by atoms with Crippen molar-refractivity contribution in [1.82, 2.24) is 0 Å². The van der Waals surface area contributed by atoms with Crippen LogP contribution in [0.2, 0.25) is 0 Å². The number of carboxylic acids is 2. The van der Waals surface area contributed by atoms with Crippen LogP contribution in [-0.4, -0.2) is 28.8 Å². The van der Waals surface area contributed by atoms with Crippen LogP contribution in [-0.2, 0) is 14.3 Å². The summed E-state index contributed by atoms with van der Waals surface area (Å²) in [7, 11) is 0. The molecule has 0 unspecified atom stereocenters. The summed E-state index contributed by atoms with van der Waals surface area (Å²) in [5.41, 5.74) is -0.198. The molecule has 2 N–H and O–H groups in total. The van der Waals surface area contributed by atoms with E-state index in [-0.39, 0.29) is 12.2 Å². The maximum Gasteiger partial charge on any atom is 0.371 e. The van der Waals surface area contributed by atoms with Crippen molar-refractivity contribution in [3.05, 3.63) is 11.3 Å². The third kappa shape index (κ3) is 4.01. The van der Waals surface area contributed by atoms with Crippen LogP contribution in [0.1, 0.15) is 27.2 Å². The van der Waals surface area contributed by atoms with Gasteiger partial charge < -0.3 is 14.9 Å². The van der Waals surface area contributed by atoms with Crippen molar-refractivity contribution < 1.29 is 24.5 Å². The smallest absolute Gasteiger partial charge is 0.371 e. The molecule has 0 aromatic rings. The van der Waals surface area contributed by atoms with Crippen LogP contribution in [0.15, 0.2) is 11.3 Å². The first-order chi connectivity index (χ1) is 6.91. The molecule has 0 atom stereocenters. The van der Waals surface area contributed by atoms with E-state index in [1.165, 1.54) is 0 Å². The van der Waals surface area contributed by atoms with E-state index in [4.69, 9.17) is 14.9 Å². The van der Waals surface area contributed by atoms with Gasteiger partial charge in [-0.3, -0.25) is 0 Å². The number of aliphatic carboxylic acids is 2. The molecular formula is C10H16O5. The van der Waals surface area contributed by atoms with E-state index in [0.717, 1.165) is 0 Å². The van der Waals surface area contributed by atoms with Gasteiger partial charge in [0.25, 0.3) is 0 Å². The molecule has 0 radical (unpaired) electrons. The number of carbonyl (C=O) groups is 2. The molecule has 0 aliphatic heterocycles. The van der Waals surface area contributed by atoms with Gasteiger partial charge in [-0.25, -0.2) is 9.59 Å². The van der Waals surface area contributed by atoms with Gasteiger partial charge in [0, 0.05) is 0 Å². The Kier molecular flexibility index (Phi) is 5.44. The van der Waals surface area contributed by atoms with Gasteiger partial charge >= 0.3 is 11.9 Å². The van der Waals surface area contributed by atoms with Crippen LogP contribution in [0.25, 0.3) is 0 Å². The number of ether oxygens (including phenoxy) is 1. The van der Waals surface area contributed by atoms with Gasteiger partial charge in [0.2, 0.25) is 5.76 Å². The average molecular weight is 216 g/mol. The monoisotopic (exact) mass is 216 g/mol. The van der Waals surface area contributed by atoms with Crippen LogP contribution in [0, 0.1) is 5.92 Å². The average Bonchev–Trinajstić information content (AvgIpc) is 2.09. The highest BCUT2D eigenvalue weighted by molar-refractivity contribution is 5.97. The summed E-state index contributed by atoms with van der Waals surface area (Å²) in [6.45, 7) is 5.24. The van der Waals surface area contributed by atoms with Crippen molar-refractivity contribution in [3.8, 4) is 0 Å². The van der Waals surface area contributed by atoms with Crippen LogP contribution < -0.4 is 0 Å². The maximum atomic E-state index is 10.8. The molecule has 0 aliphatic rings. The van der Waals surface area contributed by atoms with E-state index in [1.807, 2.05) is 6.92 Å². The normalized spacial score (nSPS) is 12.3. The van der Waals surface area contributed by atoms with Crippen molar-refractivity contribution in [1.29, 1.82) is 0 Å². The highest BCUT2D eigenvalue weighted by Crippen LogP contribution is 2.17. The quantitative estimate of drug-likeness (QED) is 0.519. The Morgan fingerprint density at radius 3 is 2.00 bits per heavy atom. The van der Waals surface area contributed by atoms with Crippen molar-refractivity contribution in [2.75, 3.05) is 6.61 Å². The van der Waals surface area contributed by atoms with E-state index >= 15 is 0 Å². The van der Waals surface area contributed by atoms with Crippen LogP contribution in [0.3, 0.4) is 0 Å². The van der Waals surface area contributed by atoms with Gasteiger partial charge in [-0.2, -0.15) is 0 Å². The summed E-state index contributed by atoms with van der Waals surface area (Å²) in [6, 6.07) is 0. The van der Waals surface area contributed by atoms with Crippen LogP contribution >= 0.6 is 0 Å². The zero-order valence-corrected chi connectivity index (χ0v) is 9.11. The highest BCUT2D eigenvalue weighted by Gasteiger charge is 2.24. The first-order valence-electron chi connectivity index (χ1n) is 4.75. The van der Waals surface area contributed by atoms with Crippen molar-refractivity contribution in [2.45, 2.75) is 27.2 Å². The molecule has 5 heteroatoms. The largest absolute Gasteiger partial charge is 0.486 e. The molecule has 0 bridgehead atoms. The summed E-state index contributed by atoms with van der Waals surface area (Å²) in [6.07, 6.45) is 0.627. The second-order valence-electron chi connectivity index (χ2n) is 3.36. The molecule has 0 aromatic heterocycles. The second-order valence-corrected chi connectivity index (χ2v) is 3.36. The third-order valence-corrected chi connectivity index (χ3v) is 1.70. The van der Waals surface area contributed by atoms with Gasteiger partial charge in [-0.15, -0.1) is 0 Å².